The zero-order valence-corrected chi connectivity index (χ0v) is 12.3. The first-order chi connectivity index (χ1) is 8.10. The Bertz CT molecular complexity index is 447. The van der Waals surface area contributed by atoms with Crippen molar-refractivity contribution in [2.75, 3.05) is 18.1 Å². The summed E-state index contributed by atoms with van der Waals surface area (Å²) in [6, 6.07) is 0. The lowest BCUT2D eigenvalue weighted by molar-refractivity contribution is 0.649. The fourth-order valence-corrected chi connectivity index (χ4v) is 1.87. The van der Waals surface area contributed by atoms with Gasteiger partial charge < -0.3 is 5.32 Å². The Kier molecular flexibility index (Phi) is 5.77. The zero-order chi connectivity index (χ0) is 12.8. The molecular formula is C11H16BrN3OS. The molecule has 4 nitrogen and oxygen atoms in total. The lowest BCUT2D eigenvalue weighted by Gasteiger charge is -2.12. The normalized spacial score (nSPS) is 12.2. The van der Waals surface area contributed by atoms with Crippen molar-refractivity contribution in [2.24, 2.45) is 0 Å². The molecule has 6 heteroatoms. The first-order valence-electron chi connectivity index (χ1n) is 5.23. The van der Waals surface area contributed by atoms with Crippen LogP contribution in [-0.4, -0.2) is 27.8 Å². The molecule has 0 aliphatic heterocycles. The molecular weight excluding hydrogens is 302 g/mol. The number of halogens is 1. The van der Waals surface area contributed by atoms with Gasteiger partial charge in [0.25, 0.3) is 5.56 Å². The Morgan fingerprint density at radius 1 is 1.76 bits per heavy atom. The summed E-state index contributed by atoms with van der Waals surface area (Å²) in [6.45, 7) is 6.92. The molecule has 17 heavy (non-hydrogen) atoms. The standard InChI is InChI=1S/C11H16BrN3OS/c1-4-5-15-11(16)10(12)9(7-14-15)13-6-8(2)17-3/h4,7-8,13H,1,5-6H2,2-3H3. The zero-order valence-electron chi connectivity index (χ0n) is 9.94. The number of hydrogen-bond acceptors (Lipinski definition) is 4. The van der Waals surface area contributed by atoms with E-state index in [-0.39, 0.29) is 5.56 Å². The van der Waals surface area contributed by atoms with E-state index in [1.165, 1.54) is 4.68 Å². The topological polar surface area (TPSA) is 46.9 Å². The minimum atomic E-state index is -0.147. The number of thioether (sulfide) groups is 1. The highest BCUT2D eigenvalue weighted by Gasteiger charge is 2.08. The SMILES string of the molecule is C=CCn1ncc(NCC(C)SC)c(Br)c1=O. The minimum Gasteiger partial charge on any atom is -0.382 e. The van der Waals surface area contributed by atoms with Gasteiger partial charge in [-0.05, 0) is 22.2 Å². The Labute approximate surface area is 114 Å². The van der Waals surface area contributed by atoms with Crippen molar-refractivity contribution in [3.05, 3.63) is 33.7 Å². The van der Waals surface area contributed by atoms with E-state index in [1.807, 2.05) is 0 Å². The van der Waals surface area contributed by atoms with Gasteiger partial charge in [0.1, 0.15) is 4.47 Å². The van der Waals surface area contributed by atoms with E-state index in [0.717, 1.165) is 12.2 Å². The quantitative estimate of drug-likeness (QED) is 0.818. The second kappa shape index (κ2) is 6.86. The third-order valence-electron chi connectivity index (χ3n) is 2.27. The van der Waals surface area contributed by atoms with Crippen molar-refractivity contribution >= 4 is 33.4 Å². The molecule has 0 aliphatic carbocycles. The number of aromatic nitrogens is 2. The van der Waals surface area contributed by atoms with Gasteiger partial charge in [0.2, 0.25) is 0 Å². The molecule has 0 aromatic carbocycles. The number of nitrogens with one attached hydrogen (secondary N) is 1. The van der Waals surface area contributed by atoms with Crippen LogP contribution in [0.15, 0.2) is 28.1 Å². The van der Waals surface area contributed by atoms with Gasteiger partial charge in [0.05, 0.1) is 18.4 Å². The maximum absolute atomic E-state index is 11.9. The molecule has 1 aromatic heterocycles. The first kappa shape index (κ1) is 14.3. The van der Waals surface area contributed by atoms with Crippen LogP contribution in [0, 0.1) is 0 Å². The van der Waals surface area contributed by atoms with Crippen LogP contribution in [-0.2, 0) is 6.54 Å². The molecule has 0 spiro atoms. The monoisotopic (exact) mass is 317 g/mol. The van der Waals surface area contributed by atoms with Gasteiger partial charge in [-0.2, -0.15) is 16.9 Å². The molecule has 1 heterocycles. The lowest BCUT2D eigenvalue weighted by atomic mass is 10.4. The van der Waals surface area contributed by atoms with Crippen LogP contribution in [0.4, 0.5) is 5.69 Å². The predicted molar refractivity (Wildman–Crippen MR) is 77.9 cm³/mol. The molecule has 1 N–H and O–H groups in total. The largest absolute Gasteiger partial charge is 0.382 e. The summed E-state index contributed by atoms with van der Waals surface area (Å²) in [7, 11) is 0. The number of nitrogens with zero attached hydrogens (tertiary/aromatic N) is 2. The van der Waals surface area contributed by atoms with Crippen molar-refractivity contribution in [1.82, 2.24) is 9.78 Å². The molecule has 0 saturated heterocycles. The number of rotatable bonds is 6. The van der Waals surface area contributed by atoms with Crippen LogP contribution < -0.4 is 10.9 Å². The number of anilines is 1. The molecule has 0 aliphatic rings. The third-order valence-corrected chi connectivity index (χ3v) is 4.01. The van der Waals surface area contributed by atoms with Crippen LogP contribution in [0.25, 0.3) is 0 Å². The molecule has 1 atom stereocenters. The Balaban J connectivity index is 2.85. The summed E-state index contributed by atoms with van der Waals surface area (Å²) < 4.78 is 1.88. The highest BCUT2D eigenvalue weighted by Crippen LogP contribution is 2.17. The van der Waals surface area contributed by atoms with Crippen LogP contribution >= 0.6 is 27.7 Å². The highest BCUT2D eigenvalue weighted by molar-refractivity contribution is 9.10. The fraction of sp³-hybridized carbons (Fsp3) is 0.455. The summed E-state index contributed by atoms with van der Waals surface area (Å²) in [4.78, 5) is 11.9. The summed E-state index contributed by atoms with van der Waals surface area (Å²) >= 11 is 5.07. The van der Waals surface area contributed by atoms with E-state index in [2.05, 4.69) is 46.1 Å². The van der Waals surface area contributed by atoms with Crippen molar-refractivity contribution in [3.8, 4) is 0 Å². The molecule has 94 valence electrons. The molecule has 1 unspecified atom stereocenters. The number of allylic oxidation sites excluding steroid dienone is 1. The van der Waals surface area contributed by atoms with Gasteiger partial charge in [-0.15, -0.1) is 6.58 Å². The highest BCUT2D eigenvalue weighted by atomic mass is 79.9. The summed E-state index contributed by atoms with van der Waals surface area (Å²) in [6.07, 6.45) is 5.35. The van der Waals surface area contributed by atoms with E-state index >= 15 is 0 Å². The van der Waals surface area contributed by atoms with Gasteiger partial charge in [-0.1, -0.05) is 13.0 Å². The van der Waals surface area contributed by atoms with Crippen molar-refractivity contribution < 1.29 is 0 Å². The van der Waals surface area contributed by atoms with E-state index < -0.39 is 0 Å². The van der Waals surface area contributed by atoms with Crippen molar-refractivity contribution in [2.45, 2.75) is 18.7 Å². The van der Waals surface area contributed by atoms with Gasteiger partial charge in [0, 0.05) is 11.8 Å². The van der Waals surface area contributed by atoms with E-state index in [1.54, 1.807) is 24.0 Å². The first-order valence-corrected chi connectivity index (χ1v) is 7.31. The summed E-state index contributed by atoms with van der Waals surface area (Å²) in [5.74, 6) is 0. The van der Waals surface area contributed by atoms with Crippen LogP contribution in [0.5, 0.6) is 0 Å². The fourth-order valence-electron chi connectivity index (χ4n) is 1.18. The Hall–Kier alpha value is -0.750. The van der Waals surface area contributed by atoms with Gasteiger partial charge in [-0.25, -0.2) is 4.68 Å². The van der Waals surface area contributed by atoms with Gasteiger partial charge >= 0.3 is 0 Å². The van der Waals surface area contributed by atoms with Crippen molar-refractivity contribution in [1.29, 1.82) is 0 Å². The summed E-state index contributed by atoms with van der Waals surface area (Å²) in [5, 5.41) is 7.75. The van der Waals surface area contributed by atoms with Crippen molar-refractivity contribution in [3.63, 3.8) is 0 Å². The molecule has 1 aromatic rings. The maximum atomic E-state index is 11.9. The predicted octanol–water partition coefficient (Wildman–Crippen LogP) is 2.36. The molecule has 0 saturated carbocycles. The molecule has 0 bridgehead atoms. The smallest absolute Gasteiger partial charge is 0.283 e. The Morgan fingerprint density at radius 3 is 3.06 bits per heavy atom. The third kappa shape index (κ3) is 3.89. The van der Waals surface area contributed by atoms with E-state index in [0.29, 0.717) is 16.3 Å². The molecule has 0 fully saturated rings. The maximum Gasteiger partial charge on any atom is 0.283 e. The Morgan fingerprint density at radius 2 is 2.47 bits per heavy atom. The van der Waals surface area contributed by atoms with E-state index in [4.69, 9.17) is 0 Å². The second-order valence-electron chi connectivity index (χ2n) is 3.58. The molecule has 1 rings (SSSR count). The van der Waals surface area contributed by atoms with Crippen LogP contribution in [0.1, 0.15) is 6.92 Å². The van der Waals surface area contributed by atoms with Crippen LogP contribution in [0.3, 0.4) is 0 Å². The average molecular weight is 318 g/mol. The minimum absolute atomic E-state index is 0.147. The summed E-state index contributed by atoms with van der Waals surface area (Å²) in [5.41, 5.74) is 0.586. The number of hydrogen-bond donors (Lipinski definition) is 1. The average Bonchev–Trinajstić information content (AvgIpc) is 2.34. The van der Waals surface area contributed by atoms with Gasteiger partial charge in [0.15, 0.2) is 0 Å². The second-order valence-corrected chi connectivity index (χ2v) is 5.64. The molecule has 0 radical (unpaired) electrons. The molecule has 0 amide bonds. The van der Waals surface area contributed by atoms with Crippen LogP contribution in [0.2, 0.25) is 0 Å². The van der Waals surface area contributed by atoms with E-state index in [9.17, 15) is 4.79 Å². The van der Waals surface area contributed by atoms with Gasteiger partial charge in [-0.3, -0.25) is 4.79 Å². The lowest BCUT2D eigenvalue weighted by Crippen LogP contribution is -2.24.